The molecule has 0 atom stereocenters. The fraction of sp³-hybridized carbons (Fsp3) is 0.417. The lowest BCUT2D eigenvalue weighted by Crippen LogP contribution is -2.11. The normalized spacial score (nSPS) is 10.3. The van der Waals surface area contributed by atoms with E-state index < -0.39 is 0 Å². The maximum absolute atomic E-state index is 11.2. The maximum atomic E-state index is 11.2. The van der Waals surface area contributed by atoms with Gasteiger partial charge in [0.05, 0.1) is 6.10 Å². The molecule has 3 nitrogen and oxygen atoms in total. The van der Waals surface area contributed by atoms with E-state index in [-0.39, 0.29) is 17.8 Å². The number of esters is 1. The molecule has 0 unspecified atom stereocenters. The first-order chi connectivity index (χ1) is 7.08. The zero-order chi connectivity index (χ0) is 11.3. The van der Waals surface area contributed by atoms with Crippen LogP contribution in [0.3, 0.4) is 0 Å². The van der Waals surface area contributed by atoms with E-state index in [1.165, 1.54) is 0 Å². The van der Waals surface area contributed by atoms with Crippen molar-refractivity contribution in [2.45, 2.75) is 32.8 Å². The first kappa shape index (κ1) is 11.6. The Kier molecular flexibility index (Phi) is 4.16. The number of carbonyl (C=O) groups excluding carboxylic acids is 1. The molecular weight excluding hydrogens is 192 g/mol. The molecule has 0 heterocycles. The highest BCUT2D eigenvalue weighted by atomic mass is 16.5. The highest BCUT2D eigenvalue weighted by Gasteiger charge is 2.05. The number of aromatic hydroxyl groups is 1. The average molecular weight is 208 g/mol. The minimum absolute atomic E-state index is 0.0580. The summed E-state index contributed by atoms with van der Waals surface area (Å²) in [5.41, 5.74) is 1.02. The molecule has 0 saturated heterocycles. The van der Waals surface area contributed by atoms with E-state index in [0.717, 1.165) is 5.56 Å². The Morgan fingerprint density at radius 2 is 1.93 bits per heavy atom. The van der Waals surface area contributed by atoms with Crippen LogP contribution in [0, 0.1) is 0 Å². The Morgan fingerprint density at radius 3 is 2.47 bits per heavy atom. The molecule has 0 fully saturated rings. The molecular formula is C12H16O3. The van der Waals surface area contributed by atoms with Gasteiger partial charge in [-0.05, 0) is 38.0 Å². The molecule has 0 spiro atoms. The van der Waals surface area contributed by atoms with E-state index in [1.54, 1.807) is 24.3 Å². The summed E-state index contributed by atoms with van der Waals surface area (Å²) in [6, 6.07) is 6.84. The van der Waals surface area contributed by atoms with Crippen LogP contribution >= 0.6 is 0 Å². The van der Waals surface area contributed by atoms with Crippen molar-refractivity contribution in [2.75, 3.05) is 0 Å². The van der Waals surface area contributed by atoms with Gasteiger partial charge in [-0.25, -0.2) is 0 Å². The molecule has 1 rings (SSSR count). The van der Waals surface area contributed by atoms with E-state index in [1.807, 2.05) is 13.8 Å². The molecule has 0 amide bonds. The number of hydrogen-bond donors (Lipinski definition) is 1. The van der Waals surface area contributed by atoms with Crippen LogP contribution in [0.15, 0.2) is 24.3 Å². The first-order valence-corrected chi connectivity index (χ1v) is 5.05. The third-order valence-corrected chi connectivity index (χ3v) is 1.92. The van der Waals surface area contributed by atoms with Crippen molar-refractivity contribution in [3.05, 3.63) is 29.8 Å². The van der Waals surface area contributed by atoms with Crippen molar-refractivity contribution in [1.82, 2.24) is 0 Å². The number of aryl methyl sites for hydroxylation is 1. The Morgan fingerprint density at radius 1 is 1.33 bits per heavy atom. The number of rotatable bonds is 4. The van der Waals surface area contributed by atoms with Crippen LogP contribution in [0.4, 0.5) is 0 Å². The molecule has 3 heteroatoms. The van der Waals surface area contributed by atoms with Gasteiger partial charge >= 0.3 is 5.97 Å². The summed E-state index contributed by atoms with van der Waals surface area (Å²) < 4.78 is 5.01. The third-order valence-electron chi connectivity index (χ3n) is 1.92. The predicted octanol–water partition coefficient (Wildman–Crippen LogP) is 2.28. The standard InChI is InChI=1S/C12H16O3/c1-9(2)15-12(14)8-5-10-3-6-11(13)7-4-10/h3-4,6-7,9,13H,5,8H2,1-2H3. The van der Waals surface area contributed by atoms with Gasteiger partial charge in [0, 0.05) is 6.42 Å². The summed E-state index contributed by atoms with van der Waals surface area (Å²) in [6.45, 7) is 3.66. The number of hydrogen-bond acceptors (Lipinski definition) is 3. The molecule has 0 aliphatic heterocycles. The fourth-order valence-corrected chi connectivity index (χ4v) is 1.23. The Hall–Kier alpha value is -1.51. The summed E-state index contributed by atoms with van der Waals surface area (Å²) >= 11 is 0. The van der Waals surface area contributed by atoms with Gasteiger partial charge in [-0.1, -0.05) is 12.1 Å². The topological polar surface area (TPSA) is 46.5 Å². The average Bonchev–Trinajstić information content (AvgIpc) is 2.16. The van der Waals surface area contributed by atoms with Crippen molar-refractivity contribution in [2.24, 2.45) is 0 Å². The fourth-order valence-electron chi connectivity index (χ4n) is 1.23. The second-order valence-electron chi connectivity index (χ2n) is 3.71. The molecule has 0 bridgehead atoms. The SMILES string of the molecule is CC(C)OC(=O)CCc1ccc(O)cc1. The lowest BCUT2D eigenvalue weighted by Gasteiger charge is -2.07. The van der Waals surface area contributed by atoms with Gasteiger partial charge in [0.1, 0.15) is 5.75 Å². The number of benzene rings is 1. The molecule has 0 saturated carbocycles. The lowest BCUT2D eigenvalue weighted by atomic mass is 10.1. The quantitative estimate of drug-likeness (QED) is 0.772. The smallest absolute Gasteiger partial charge is 0.306 e. The van der Waals surface area contributed by atoms with Crippen molar-refractivity contribution in [3.63, 3.8) is 0 Å². The molecule has 15 heavy (non-hydrogen) atoms. The molecule has 1 aromatic rings. The number of ether oxygens (including phenoxy) is 1. The van der Waals surface area contributed by atoms with Gasteiger partial charge in [0.2, 0.25) is 0 Å². The summed E-state index contributed by atoms with van der Waals surface area (Å²) in [7, 11) is 0. The number of phenols is 1. The highest BCUT2D eigenvalue weighted by Crippen LogP contribution is 2.11. The van der Waals surface area contributed by atoms with Crippen LogP contribution in [-0.2, 0) is 16.0 Å². The first-order valence-electron chi connectivity index (χ1n) is 5.05. The van der Waals surface area contributed by atoms with Crippen LogP contribution in [0.5, 0.6) is 5.75 Å². The molecule has 0 radical (unpaired) electrons. The zero-order valence-corrected chi connectivity index (χ0v) is 9.06. The molecule has 0 aliphatic rings. The van der Waals surface area contributed by atoms with E-state index in [0.29, 0.717) is 12.8 Å². The highest BCUT2D eigenvalue weighted by molar-refractivity contribution is 5.69. The molecule has 0 aliphatic carbocycles. The molecule has 0 aromatic heterocycles. The summed E-state index contributed by atoms with van der Waals surface area (Å²) in [4.78, 5) is 11.2. The van der Waals surface area contributed by atoms with Crippen molar-refractivity contribution >= 4 is 5.97 Å². The van der Waals surface area contributed by atoms with Crippen LogP contribution in [0.1, 0.15) is 25.8 Å². The van der Waals surface area contributed by atoms with E-state index in [2.05, 4.69) is 0 Å². The van der Waals surface area contributed by atoms with Gasteiger partial charge in [-0.3, -0.25) is 4.79 Å². The van der Waals surface area contributed by atoms with E-state index in [9.17, 15) is 4.79 Å². The number of phenolic OH excluding ortho intramolecular Hbond substituents is 1. The van der Waals surface area contributed by atoms with Crippen LogP contribution in [0.2, 0.25) is 0 Å². The third kappa shape index (κ3) is 4.49. The Bertz CT molecular complexity index is 314. The molecule has 82 valence electrons. The predicted molar refractivity (Wildman–Crippen MR) is 57.7 cm³/mol. The summed E-state index contributed by atoms with van der Waals surface area (Å²) in [6.07, 6.45) is 0.965. The van der Waals surface area contributed by atoms with Gasteiger partial charge < -0.3 is 9.84 Å². The van der Waals surface area contributed by atoms with Crippen LogP contribution in [-0.4, -0.2) is 17.2 Å². The molecule has 1 aromatic carbocycles. The lowest BCUT2D eigenvalue weighted by molar-refractivity contribution is -0.147. The number of carbonyl (C=O) groups is 1. The van der Waals surface area contributed by atoms with Crippen LogP contribution < -0.4 is 0 Å². The van der Waals surface area contributed by atoms with Crippen molar-refractivity contribution < 1.29 is 14.6 Å². The van der Waals surface area contributed by atoms with Gasteiger partial charge in [0.25, 0.3) is 0 Å². The van der Waals surface area contributed by atoms with Crippen molar-refractivity contribution in [1.29, 1.82) is 0 Å². The van der Waals surface area contributed by atoms with E-state index >= 15 is 0 Å². The largest absolute Gasteiger partial charge is 0.508 e. The maximum Gasteiger partial charge on any atom is 0.306 e. The van der Waals surface area contributed by atoms with E-state index in [4.69, 9.17) is 9.84 Å². The second-order valence-corrected chi connectivity index (χ2v) is 3.71. The van der Waals surface area contributed by atoms with Crippen LogP contribution in [0.25, 0.3) is 0 Å². The second kappa shape index (κ2) is 5.39. The minimum Gasteiger partial charge on any atom is -0.508 e. The Balaban J connectivity index is 2.37. The van der Waals surface area contributed by atoms with Gasteiger partial charge in [0.15, 0.2) is 0 Å². The van der Waals surface area contributed by atoms with Gasteiger partial charge in [-0.15, -0.1) is 0 Å². The van der Waals surface area contributed by atoms with Gasteiger partial charge in [-0.2, -0.15) is 0 Å². The minimum atomic E-state index is -0.182. The molecule has 1 N–H and O–H groups in total. The Labute approximate surface area is 89.7 Å². The summed E-state index contributed by atoms with van der Waals surface area (Å²) in [5, 5.41) is 9.06. The van der Waals surface area contributed by atoms with Crippen molar-refractivity contribution in [3.8, 4) is 5.75 Å². The monoisotopic (exact) mass is 208 g/mol. The zero-order valence-electron chi connectivity index (χ0n) is 9.06. The summed E-state index contributed by atoms with van der Waals surface area (Å²) in [5.74, 6) is 0.0570.